The number of fused-ring (bicyclic) bond motifs is 1. The van der Waals surface area contributed by atoms with E-state index in [0.29, 0.717) is 0 Å². The van der Waals surface area contributed by atoms with Crippen LogP contribution in [-0.2, 0) is 0 Å². The zero-order valence-electron chi connectivity index (χ0n) is 9.68. The zero-order chi connectivity index (χ0) is 12.1. The van der Waals surface area contributed by atoms with Crippen molar-refractivity contribution in [3.63, 3.8) is 0 Å². The molecule has 2 aromatic rings. The largest absolute Gasteiger partial charge is 0.455 e. The Morgan fingerprint density at radius 3 is 3.00 bits per heavy atom. The number of nitrogens with zero attached hydrogens (tertiary/aromatic N) is 2. The summed E-state index contributed by atoms with van der Waals surface area (Å²) < 4.78 is 8.53. The molecule has 0 aliphatic carbocycles. The van der Waals surface area contributed by atoms with Crippen molar-refractivity contribution < 1.29 is 4.42 Å². The lowest BCUT2D eigenvalue weighted by Gasteiger charge is -1.91. The number of rotatable bonds is 4. The number of hydrogen-bond acceptors (Lipinski definition) is 4. The third-order valence-electron chi connectivity index (χ3n) is 2.22. The summed E-state index contributed by atoms with van der Waals surface area (Å²) >= 11 is 1.46. The summed E-state index contributed by atoms with van der Waals surface area (Å²) in [7, 11) is 0. The first-order chi connectivity index (χ1) is 8.31. The fraction of sp³-hybridized carbons (Fsp3) is 0.167. The molecule has 0 atom stereocenters. The first kappa shape index (κ1) is 11.7. The molecular formula is C12H13N3OS. The van der Waals surface area contributed by atoms with Crippen molar-refractivity contribution >= 4 is 35.0 Å². The third kappa shape index (κ3) is 2.88. The molecule has 88 valence electrons. The van der Waals surface area contributed by atoms with Crippen molar-refractivity contribution in [3.8, 4) is 0 Å². The fourth-order valence-electron chi connectivity index (χ4n) is 1.40. The van der Waals surface area contributed by atoms with Crippen LogP contribution in [0.15, 0.2) is 45.0 Å². The minimum atomic E-state index is 0.743. The second kappa shape index (κ2) is 5.54. The first-order valence-corrected chi connectivity index (χ1v) is 6.37. The van der Waals surface area contributed by atoms with Crippen LogP contribution in [0.25, 0.3) is 11.0 Å². The molecule has 5 heteroatoms. The fourth-order valence-corrected chi connectivity index (χ4v) is 1.55. The minimum absolute atomic E-state index is 0.743. The Bertz CT molecular complexity index is 527. The Hall–Kier alpha value is -1.75. The molecule has 0 bridgehead atoms. The highest BCUT2D eigenvalue weighted by Gasteiger charge is 2.05. The zero-order valence-corrected chi connectivity index (χ0v) is 10.5. The number of furan rings is 1. The summed E-state index contributed by atoms with van der Waals surface area (Å²) in [5.74, 6) is 0.743. The second-order valence-corrected chi connectivity index (χ2v) is 4.04. The molecule has 0 aliphatic rings. The highest BCUT2D eigenvalue weighted by Crippen LogP contribution is 2.19. The van der Waals surface area contributed by atoms with Crippen LogP contribution in [0.4, 0.5) is 0 Å². The number of benzene rings is 1. The van der Waals surface area contributed by atoms with Gasteiger partial charge in [-0.05, 0) is 19.1 Å². The van der Waals surface area contributed by atoms with Crippen molar-refractivity contribution in [1.29, 1.82) is 0 Å². The summed E-state index contributed by atoms with van der Waals surface area (Å²) in [6.45, 7) is 1.87. The molecular weight excluding hydrogens is 234 g/mol. The lowest BCUT2D eigenvalue weighted by atomic mass is 10.2. The van der Waals surface area contributed by atoms with Crippen LogP contribution in [-0.4, -0.2) is 18.3 Å². The molecule has 0 fully saturated rings. The van der Waals surface area contributed by atoms with Crippen LogP contribution < -0.4 is 4.72 Å². The molecule has 17 heavy (non-hydrogen) atoms. The van der Waals surface area contributed by atoms with Crippen molar-refractivity contribution in [2.45, 2.75) is 6.92 Å². The topological polar surface area (TPSA) is 49.9 Å². The Balaban J connectivity index is 2.21. The molecule has 0 unspecified atom stereocenters. The summed E-state index contributed by atoms with van der Waals surface area (Å²) in [5, 5.41) is 8.99. The van der Waals surface area contributed by atoms with Gasteiger partial charge in [0.2, 0.25) is 0 Å². The quantitative estimate of drug-likeness (QED) is 0.391. The standard InChI is InChI=1S/C12H13N3OS/c1-9(15-13-8-14-17-2)12-7-10-5-3-4-6-11(10)16-12/h3-8H,1-2H3,(H,13,14)/b15-9+. The molecule has 1 aromatic heterocycles. The third-order valence-corrected chi connectivity index (χ3v) is 2.56. The maximum absolute atomic E-state index is 5.66. The molecule has 2 rings (SSSR count). The van der Waals surface area contributed by atoms with Gasteiger partial charge >= 0.3 is 0 Å². The highest BCUT2D eigenvalue weighted by atomic mass is 32.2. The molecule has 0 amide bonds. The van der Waals surface area contributed by atoms with Gasteiger partial charge < -0.3 is 9.14 Å². The van der Waals surface area contributed by atoms with Crippen LogP contribution >= 0.6 is 11.9 Å². The highest BCUT2D eigenvalue weighted by molar-refractivity contribution is 7.97. The second-order valence-electron chi connectivity index (χ2n) is 3.40. The van der Waals surface area contributed by atoms with Gasteiger partial charge in [-0.2, -0.15) is 5.10 Å². The summed E-state index contributed by atoms with van der Waals surface area (Å²) in [4.78, 5) is 0. The monoisotopic (exact) mass is 247 g/mol. The molecule has 0 saturated carbocycles. The van der Waals surface area contributed by atoms with Gasteiger partial charge in [0.1, 0.15) is 17.6 Å². The van der Waals surface area contributed by atoms with E-state index in [2.05, 4.69) is 14.9 Å². The molecule has 0 saturated heterocycles. The molecule has 0 aliphatic heterocycles. The maximum atomic E-state index is 5.66. The number of hydrogen-bond donors (Lipinski definition) is 1. The van der Waals surface area contributed by atoms with Crippen LogP contribution in [0.3, 0.4) is 0 Å². The van der Waals surface area contributed by atoms with Gasteiger partial charge in [0.25, 0.3) is 0 Å². The van der Waals surface area contributed by atoms with Gasteiger partial charge in [-0.15, -0.1) is 5.10 Å². The van der Waals surface area contributed by atoms with Gasteiger partial charge in [-0.1, -0.05) is 30.1 Å². The molecule has 1 heterocycles. The minimum Gasteiger partial charge on any atom is -0.455 e. The lowest BCUT2D eigenvalue weighted by Crippen LogP contribution is -1.97. The van der Waals surface area contributed by atoms with Gasteiger partial charge in [0.15, 0.2) is 5.76 Å². The lowest BCUT2D eigenvalue weighted by molar-refractivity contribution is 0.604. The van der Waals surface area contributed by atoms with Gasteiger partial charge in [0.05, 0.1) is 0 Å². The van der Waals surface area contributed by atoms with Crippen molar-refractivity contribution in [3.05, 3.63) is 36.1 Å². The van der Waals surface area contributed by atoms with Gasteiger partial charge in [-0.25, -0.2) is 0 Å². The summed E-state index contributed by atoms with van der Waals surface area (Å²) in [6, 6.07) is 9.84. The molecule has 1 aromatic carbocycles. The van der Waals surface area contributed by atoms with Crippen LogP contribution in [0, 0.1) is 0 Å². The van der Waals surface area contributed by atoms with Crippen LogP contribution in [0.2, 0.25) is 0 Å². The summed E-state index contributed by atoms with van der Waals surface area (Å²) in [5.41, 5.74) is 1.61. The smallest absolute Gasteiger partial charge is 0.151 e. The average Bonchev–Trinajstić information content (AvgIpc) is 2.78. The Labute approximate surface area is 104 Å². The Morgan fingerprint density at radius 2 is 2.24 bits per heavy atom. The van der Waals surface area contributed by atoms with Crippen molar-refractivity contribution in [2.24, 2.45) is 10.2 Å². The normalized spacial score (nSPS) is 12.5. The van der Waals surface area contributed by atoms with E-state index in [-0.39, 0.29) is 0 Å². The van der Waals surface area contributed by atoms with Gasteiger partial charge in [-0.3, -0.25) is 0 Å². The van der Waals surface area contributed by atoms with Crippen LogP contribution in [0.1, 0.15) is 12.7 Å². The Kier molecular flexibility index (Phi) is 3.82. The van der Waals surface area contributed by atoms with Crippen LogP contribution in [0.5, 0.6) is 0 Å². The SMILES string of the molecule is CSNC=N/N=C(\C)c1cc2ccccc2o1. The van der Waals surface area contributed by atoms with E-state index < -0.39 is 0 Å². The van der Waals surface area contributed by atoms with E-state index in [0.717, 1.165) is 22.4 Å². The summed E-state index contributed by atoms with van der Waals surface area (Å²) in [6.07, 6.45) is 3.46. The van der Waals surface area contributed by atoms with E-state index >= 15 is 0 Å². The van der Waals surface area contributed by atoms with E-state index in [9.17, 15) is 0 Å². The maximum Gasteiger partial charge on any atom is 0.151 e. The van der Waals surface area contributed by atoms with Crippen molar-refractivity contribution in [2.75, 3.05) is 6.26 Å². The first-order valence-electron chi connectivity index (χ1n) is 5.15. The molecule has 4 nitrogen and oxygen atoms in total. The predicted octanol–water partition coefficient (Wildman–Crippen LogP) is 3.05. The average molecular weight is 247 g/mol. The van der Waals surface area contributed by atoms with E-state index in [1.807, 2.05) is 43.5 Å². The van der Waals surface area contributed by atoms with E-state index in [4.69, 9.17) is 4.42 Å². The number of nitrogens with one attached hydrogen (secondary N) is 1. The Morgan fingerprint density at radius 1 is 1.41 bits per heavy atom. The van der Waals surface area contributed by atoms with E-state index in [1.54, 1.807) is 0 Å². The molecule has 0 spiro atoms. The van der Waals surface area contributed by atoms with Gasteiger partial charge in [0, 0.05) is 11.6 Å². The predicted molar refractivity (Wildman–Crippen MR) is 73.6 cm³/mol. The number of para-hydroxylation sites is 1. The molecule has 0 radical (unpaired) electrons. The van der Waals surface area contributed by atoms with E-state index in [1.165, 1.54) is 18.3 Å². The molecule has 1 N–H and O–H groups in total. The van der Waals surface area contributed by atoms with Crippen molar-refractivity contribution in [1.82, 2.24) is 4.72 Å².